The zero-order valence-corrected chi connectivity index (χ0v) is 13.9. The second kappa shape index (κ2) is 6.67. The van der Waals surface area contributed by atoms with E-state index in [1.807, 2.05) is 0 Å². The third kappa shape index (κ3) is 3.06. The average Bonchev–Trinajstić information content (AvgIpc) is 3.14. The van der Waals surface area contributed by atoms with E-state index in [0.29, 0.717) is 12.8 Å². The Morgan fingerprint density at radius 3 is 2.37 bits per heavy atom. The van der Waals surface area contributed by atoms with Gasteiger partial charge in [0.25, 0.3) is 0 Å². The highest BCUT2D eigenvalue weighted by Gasteiger charge is 2.79. The van der Waals surface area contributed by atoms with Gasteiger partial charge in [-0.2, -0.15) is 30.7 Å². The summed E-state index contributed by atoms with van der Waals surface area (Å²) in [7, 11) is 0. The van der Waals surface area contributed by atoms with Gasteiger partial charge in [0.2, 0.25) is 0 Å². The van der Waals surface area contributed by atoms with Crippen molar-refractivity contribution in [3.8, 4) is 0 Å². The highest BCUT2D eigenvalue weighted by atomic mass is 32.2. The van der Waals surface area contributed by atoms with Crippen LogP contribution in [0, 0.1) is 23.7 Å². The Labute approximate surface area is 151 Å². The molecule has 5 atom stereocenters. The highest BCUT2D eigenvalue weighted by molar-refractivity contribution is 7.96. The second-order valence-electron chi connectivity index (χ2n) is 6.56. The van der Waals surface area contributed by atoms with Gasteiger partial charge in [-0.25, -0.2) is 4.79 Å². The average molecular weight is 425 g/mol. The first-order valence-corrected chi connectivity index (χ1v) is 8.33. The van der Waals surface area contributed by atoms with E-state index in [2.05, 4.69) is 14.1 Å². The maximum Gasteiger partial charge on any atom is 0.425 e. The summed E-state index contributed by atoms with van der Waals surface area (Å²) in [5.74, 6) is -4.56. The van der Waals surface area contributed by atoms with Crippen LogP contribution in [0.25, 0.3) is 0 Å². The maximum absolute atomic E-state index is 13.1. The molecule has 3 fully saturated rings. The SMILES string of the molecule is O=C1OC2C(COC(=O)C(SOO[O-])(C(F)(F)F)C(F)(F)F)C3CC1C2C3. The minimum Gasteiger partial charge on any atom is -0.691 e. The number of esters is 2. The lowest BCUT2D eigenvalue weighted by atomic mass is 9.83. The summed E-state index contributed by atoms with van der Waals surface area (Å²) in [4.78, 5) is 23.5. The van der Waals surface area contributed by atoms with E-state index in [1.165, 1.54) is 0 Å². The first kappa shape index (κ1) is 20.5. The lowest BCUT2D eigenvalue weighted by Gasteiger charge is -2.34. The number of rotatable bonds is 6. The van der Waals surface area contributed by atoms with Crippen molar-refractivity contribution in [2.24, 2.45) is 23.7 Å². The van der Waals surface area contributed by atoms with Crippen LogP contribution in [0.1, 0.15) is 12.8 Å². The molecule has 1 heterocycles. The fourth-order valence-corrected chi connectivity index (χ4v) is 4.61. The molecule has 0 aromatic heterocycles. The quantitative estimate of drug-likeness (QED) is 0.208. The molecular weight excluding hydrogens is 414 g/mol. The van der Waals surface area contributed by atoms with Crippen LogP contribution in [-0.2, 0) is 28.4 Å². The number of ether oxygens (including phenoxy) is 2. The molecule has 1 aliphatic heterocycles. The van der Waals surface area contributed by atoms with Crippen molar-refractivity contribution < 1.29 is 60.0 Å². The molecule has 0 aromatic rings. The molecule has 0 amide bonds. The third-order valence-electron chi connectivity index (χ3n) is 5.33. The van der Waals surface area contributed by atoms with Crippen molar-refractivity contribution in [1.82, 2.24) is 0 Å². The van der Waals surface area contributed by atoms with Gasteiger partial charge >= 0.3 is 29.0 Å². The number of hydrogen-bond acceptors (Lipinski definition) is 8. The third-order valence-corrected chi connectivity index (χ3v) is 6.34. The normalized spacial score (nSPS) is 32.7. The fraction of sp³-hybridized carbons (Fsp3) is 0.846. The molecule has 14 heteroatoms. The van der Waals surface area contributed by atoms with E-state index < -0.39 is 59.7 Å². The minimum absolute atomic E-state index is 0.173. The van der Waals surface area contributed by atoms with Crippen molar-refractivity contribution in [3.63, 3.8) is 0 Å². The Hall–Kier alpha value is -1.25. The first-order chi connectivity index (χ1) is 12.4. The Kier molecular flexibility index (Phi) is 5.06. The van der Waals surface area contributed by atoms with Gasteiger partial charge in [-0.05, 0) is 18.8 Å². The summed E-state index contributed by atoms with van der Waals surface area (Å²) in [5.41, 5.74) is 0. The Balaban J connectivity index is 1.76. The van der Waals surface area contributed by atoms with Crippen LogP contribution in [0.15, 0.2) is 0 Å². The number of halogens is 6. The fourth-order valence-electron chi connectivity index (χ4n) is 4.17. The molecule has 27 heavy (non-hydrogen) atoms. The van der Waals surface area contributed by atoms with Gasteiger partial charge in [0.05, 0.1) is 24.6 Å². The monoisotopic (exact) mass is 425 g/mol. The van der Waals surface area contributed by atoms with E-state index >= 15 is 0 Å². The van der Waals surface area contributed by atoms with Crippen LogP contribution in [-0.4, -0.2) is 41.7 Å². The van der Waals surface area contributed by atoms with Crippen LogP contribution in [0.4, 0.5) is 26.3 Å². The molecule has 2 aliphatic carbocycles. The number of alkyl halides is 6. The van der Waals surface area contributed by atoms with Gasteiger partial charge in [-0.15, -0.1) is 0 Å². The second-order valence-corrected chi connectivity index (χ2v) is 7.48. The minimum atomic E-state index is -6.20. The number of carbonyl (C=O) groups is 2. The smallest absolute Gasteiger partial charge is 0.425 e. The number of fused-ring (bicyclic) bond motifs is 1. The first-order valence-electron chi connectivity index (χ1n) is 7.59. The van der Waals surface area contributed by atoms with Gasteiger partial charge in [0.1, 0.15) is 6.10 Å². The van der Waals surface area contributed by atoms with Gasteiger partial charge in [0.15, 0.2) is 0 Å². The molecule has 154 valence electrons. The van der Waals surface area contributed by atoms with Gasteiger partial charge in [-0.3, -0.25) is 9.83 Å². The van der Waals surface area contributed by atoms with E-state index in [9.17, 15) is 41.2 Å². The van der Waals surface area contributed by atoms with Crippen LogP contribution in [0.3, 0.4) is 0 Å². The van der Waals surface area contributed by atoms with E-state index in [0.717, 1.165) is 0 Å². The molecule has 2 saturated carbocycles. The summed E-state index contributed by atoms with van der Waals surface area (Å²) in [5, 5.41) is 12.3. The highest BCUT2D eigenvalue weighted by Crippen LogP contribution is 2.58. The van der Waals surface area contributed by atoms with Crippen LogP contribution in [0.5, 0.6) is 0 Å². The molecular formula is C13H11F6O7S-. The molecule has 0 aromatic carbocycles. The maximum atomic E-state index is 13.1. The van der Waals surface area contributed by atoms with Gasteiger partial charge < -0.3 is 14.7 Å². The molecule has 0 N–H and O–H groups in total. The zero-order chi connectivity index (χ0) is 20.2. The predicted octanol–water partition coefficient (Wildman–Crippen LogP) is 1.46. The number of hydrogen-bond donors (Lipinski definition) is 0. The van der Waals surface area contributed by atoms with Crippen LogP contribution in [0.2, 0.25) is 0 Å². The van der Waals surface area contributed by atoms with Gasteiger partial charge in [0, 0.05) is 11.8 Å². The molecule has 2 bridgehead atoms. The Bertz CT molecular complexity index is 609. The van der Waals surface area contributed by atoms with E-state index in [-0.39, 0.29) is 17.8 Å². The topological polar surface area (TPSA) is 94.1 Å². The Morgan fingerprint density at radius 2 is 1.81 bits per heavy atom. The summed E-state index contributed by atoms with van der Waals surface area (Å²) >= 11 is -1.54. The Morgan fingerprint density at radius 1 is 1.19 bits per heavy atom. The number of carbonyl (C=O) groups excluding carboxylic acids is 2. The molecule has 1 saturated heterocycles. The van der Waals surface area contributed by atoms with E-state index in [1.54, 1.807) is 0 Å². The molecule has 5 unspecified atom stereocenters. The standard InChI is InChI=1S/C13H12F6O7S/c14-12(15,16)11(13(17,18)19,27-26-25-22)10(21)23-3-7-4-1-5-6(2-4)9(20)24-8(5)7/h4-8,22H,1-3H2/p-1. The lowest BCUT2D eigenvalue weighted by molar-refractivity contribution is -0.777. The largest absolute Gasteiger partial charge is 0.691 e. The van der Waals surface area contributed by atoms with Crippen molar-refractivity contribution in [2.45, 2.75) is 36.0 Å². The van der Waals surface area contributed by atoms with Crippen molar-refractivity contribution in [2.75, 3.05) is 6.61 Å². The molecule has 3 rings (SSSR count). The molecule has 0 spiro atoms. The molecule has 0 radical (unpaired) electrons. The van der Waals surface area contributed by atoms with Gasteiger partial charge in [-0.1, -0.05) is 0 Å². The van der Waals surface area contributed by atoms with Crippen molar-refractivity contribution >= 4 is 24.0 Å². The zero-order valence-electron chi connectivity index (χ0n) is 13.0. The van der Waals surface area contributed by atoms with Crippen LogP contribution >= 0.6 is 12.0 Å². The van der Waals surface area contributed by atoms with Crippen LogP contribution < -0.4 is 5.26 Å². The van der Waals surface area contributed by atoms with Crippen molar-refractivity contribution in [3.05, 3.63) is 0 Å². The predicted molar refractivity (Wildman–Crippen MR) is 68.6 cm³/mol. The summed E-state index contributed by atoms with van der Waals surface area (Å²) in [6.07, 6.45) is -12.2. The molecule has 3 aliphatic rings. The summed E-state index contributed by atoms with van der Waals surface area (Å²) in [6, 6.07) is 0. The summed E-state index contributed by atoms with van der Waals surface area (Å²) in [6.45, 7) is -0.794. The lowest BCUT2D eigenvalue weighted by Crippen LogP contribution is -2.60. The van der Waals surface area contributed by atoms with Crippen molar-refractivity contribution in [1.29, 1.82) is 0 Å². The van der Waals surface area contributed by atoms with E-state index in [4.69, 9.17) is 4.74 Å². The summed E-state index contributed by atoms with van der Waals surface area (Å²) < 4.78 is 86.4. The molecule has 7 nitrogen and oxygen atoms in total.